The summed E-state index contributed by atoms with van der Waals surface area (Å²) >= 11 is 3.31. The molecule has 1 aliphatic rings. The van der Waals surface area contributed by atoms with Gasteiger partial charge in [0, 0.05) is 27.6 Å². The molecular formula is C15H16N2OS2. The third-order valence-electron chi connectivity index (χ3n) is 3.40. The van der Waals surface area contributed by atoms with Crippen LogP contribution in [0.15, 0.2) is 38.9 Å². The number of carbonyl (C=O) groups excluding carboxylic acids is 1. The van der Waals surface area contributed by atoms with Crippen LogP contribution < -0.4 is 5.32 Å². The van der Waals surface area contributed by atoms with E-state index in [9.17, 15) is 4.79 Å². The van der Waals surface area contributed by atoms with Crippen LogP contribution >= 0.6 is 23.1 Å². The lowest BCUT2D eigenvalue weighted by Crippen LogP contribution is -2.27. The number of thiazole rings is 1. The van der Waals surface area contributed by atoms with E-state index in [-0.39, 0.29) is 11.8 Å². The highest BCUT2D eigenvalue weighted by molar-refractivity contribution is 8.01. The van der Waals surface area contributed by atoms with E-state index in [0.717, 1.165) is 33.5 Å². The molecule has 0 bridgehead atoms. The van der Waals surface area contributed by atoms with Gasteiger partial charge in [0.15, 0.2) is 4.34 Å². The molecule has 0 radical (unpaired) electrons. The first kappa shape index (κ1) is 13.6. The fraction of sp³-hybridized carbons (Fsp3) is 0.333. The Morgan fingerprint density at radius 3 is 2.65 bits per heavy atom. The number of anilines is 1. The summed E-state index contributed by atoms with van der Waals surface area (Å²) < 4.78 is 1.05. The molecule has 0 unspecified atom stereocenters. The van der Waals surface area contributed by atoms with Crippen LogP contribution in [0.2, 0.25) is 0 Å². The second-order valence-corrected chi connectivity index (χ2v) is 7.18. The maximum absolute atomic E-state index is 11.8. The molecule has 20 heavy (non-hydrogen) atoms. The molecule has 104 valence electrons. The fourth-order valence-electron chi connectivity index (χ4n) is 2.00. The Morgan fingerprint density at radius 1 is 1.35 bits per heavy atom. The average molecular weight is 304 g/mol. The fourth-order valence-corrected chi connectivity index (χ4v) is 3.81. The van der Waals surface area contributed by atoms with Crippen molar-refractivity contribution in [3.05, 3.63) is 35.3 Å². The van der Waals surface area contributed by atoms with Gasteiger partial charge in [-0.3, -0.25) is 4.79 Å². The van der Waals surface area contributed by atoms with Gasteiger partial charge in [-0.1, -0.05) is 18.2 Å². The van der Waals surface area contributed by atoms with E-state index in [4.69, 9.17) is 0 Å². The van der Waals surface area contributed by atoms with Gasteiger partial charge in [0.25, 0.3) is 0 Å². The first-order valence-electron chi connectivity index (χ1n) is 6.71. The maximum Gasteiger partial charge on any atom is 0.227 e. The molecule has 5 heteroatoms. The van der Waals surface area contributed by atoms with Gasteiger partial charge in [-0.25, -0.2) is 4.98 Å². The van der Waals surface area contributed by atoms with E-state index in [2.05, 4.69) is 15.7 Å². The Labute approximate surface area is 126 Å². The van der Waals surface area contributed by atoms with Crippen LogP contribution in [0.1, 0.15) is 25.0 Å². The summed E-state index contributed by atoms with van der Waals surface area (Å²) in [5, 5.41) is 5.03. The Kier molecular flexibility index (Phi) is 4.08. The largest absolute Gasteiger partial charge is 0.326 e. The number of aryl methyl sites for hydroxylation is 1. The van der Waals surface area contributed by atoms with Crippen molar-refractivity contribution in [2.24, 2.45) is 5.92 Å². The number of nitrogens with one attached hydrogen (secondary N) is 1. The van der Waals surface area contributed by atoms with E-state index in [1.165, 1.54) is 6.42 Å². The predicted octanol–water partition coefficient (Wildman–Crippen LogP) is 4.34. The number of aromatic nitrogens is 1. The van der Waals surface area contributed by atoms with Gasteiger partial charge in [0.05, 0.1) is 0 Å². The van der Waals surface area contributed by atoms with E-state index >= 15 is 0 Å². The second-order valence-electron chi connectivity index (χ2n) is 5.00. The molecule has 1 fully saturated rings. The number of benzene rings is 1. The molecule has 0 atom stereocenters. The zero-order valence-electron chi connectivity index (χ0n) is 11.3. The Balaban J connectivity index is 1.60. The molecule has 1 N–H and O–H groups in total. The van der Waals surface area contributed by atoms with Gasteiger partial charge >= 0.3 is 0 Å². The van der Waals surface area contributed by atoms with Gasteiger partial charge in [-0.15, -0.1) is 11.3 Å². The molecule has 0 spiro atoms. The van der Waals surface area contributed by atoms with Gasteiger partial charge in [-0.05, 0) is 44.0 Å². The van der Waals surface area contributed by atoms with Crippen molar-refractivity contribution in [1.82, 2.24) is 4.98 Å². The maximum atomic E-state index is 11.8. The van der Waals surface area contributed by atoms with Crippen molar-refractivity contribution < 1.29 is 4.79 Å². The number of carbonyl (C=O) groups is 1. The zero-order chi connectivity index (χ0) is 13.9. The van der Waals surface area contributed by atoms with Crippen LogP contribution in [-0.4, -0.2) is 10.9 Å². The van der Waals surface area contributed by atoms with Crippen molar-refractivity contribution in [3.63, 3.8) is 0 Å². The highest BCUT2D eigenvalue weighted by Crippen LogP contribution is 2.31. The Bertz CT molecular complexity index is 603. The number of hydrogen-bond donors (Lipinski definition) is 1. The summed E-state index contributed by atoms with van der Waals surface area (Å²) in [5.74, 6) is 0.384. The molecule has 0 saturated heterocycles. The van der Waals surface area contributed by atoms with Crippen molar-refractivity contribution in [2.75, 3.05) is 5.32 Å². The summed E-state index contributed by atoms with van der Waals surface area (Å²) in [4.78, 5) is 17.4. The van der Waals surface area contributed by atoms with Gasteiger partial charge in [0.1, 0.15) is 0 Å². The SMILES string of the molecule is Cc1csc(Sc2ccc(NC(=O)C3CCC3)cc2)n1. The third kappa shape index (κ3) is 3.22. The molecule has 3 nitrogen and oxygen atoms in total. The van der Waals surface area contributed by atoms with E-state index in [1.54, 1.807) is 23.1 Å². The van der Waals surface area contributed by atoms with Crippen molar-refractivity contribution in [3.8, 4) is 0 Å². The molecule has 2 aromatic rings. The first-order valence-corrected chi connectivity index (χ1v) is 8.41. The lowest BCUT2D eigenvalue weighted by atomic mass is 9.85. The van der Waals surface area contributed by atoms with Crippen LogP contribution in [0, 0.1) is 12.8 Å². The standard InChI is InChI=1S/C15H16N2OS2/c1-10-9-19-15(16-10)20-13-7-5-12(6-8-13)17-14(18)11-3-2-4-11/h5-9,11H,2-4H2,1H3,(H,17,18). The summed E-state index contributed by atoms with van der Waals surface area (Å²) in [5.41, 5.74) is 1.93. The highest BCUT2D eigenvalue weighted by atomic mass is 32.2. The normalized spacial score (nSPS) is 14.8. The molecule has 0 aliphatic heterocycles. The average Bonchev–Trinajstić information content (AvgIpc) is 2.75. The van der Waals surface area contributed by atoms with E-state index in [0.29, 0.717) is 0 Å². The molecule has 1 saturated carbocycles. The van der Waals surface area contributed by atoms with Crippen LogP contribution in [0.5, 0.6) is 0 Å². The quantitative estimate of drug-likeness (QED) is 0.913. The molecule has 1 aromatic carbocycles. The number of hydrogen-bond acceptors (Lipinski definition) is 4. The smallest absolute Gasteiger partial charge is 0.227 e. The third-order valence-corrected chi connectivity index (χ3v) is 5.47. The monoisotopic (exact) mass is 304 g/mol. The minimum atomic E-state index is 0.159. The highest BCUT2D eigenvalue weighted by Gasteiger charge is 2.24. The predicted molar refractivity (Wildman–Crippen MR) is 83.4 cm³/mol. The molecular weight excluding hydrogens is 288 g/mol. The van der Waals surface area contributed by atoms with Crippen molar-refractivity contribution in [1.29, 1.82) is 0 Å². The van der Waals surface area contributed by atoms with E-state index < -0.39 is 0 Å². The van der Waals surface area contributed by atoms with Crippen molar-refractivity contribution in [2.45, 2.75) is 35.4 Å². The van der Waals surface area contributed by atoms with Crippen LogP contribution in [0.25, 0.3) is 0 Å². The number of amides is 1. The summed E-state index contributed by atoms with van der Waals surface area (Å²) in [7, 11) is 0. The van der Waals surface area contributed by atoms with E-state index in [1.807, 2.05) is 31.2 Å². The molecule has 3 rings (SSSR count). The molecule has 1 aliphatic carbocycles. The van der Waals surface area contributed by atoms with Gasteiger partial charge in [0.2, 0.25) is 5.91 Å². The minimum absolute atomic E-state index is 0.159. The summed E-state index contributed by atoms with van der Waals surface area (Å²) in [6.07, 6.45) is 3.24. The topological polar surface area (TPSA) is 42.0 Å². The zero-order valence-corrected chi connectivity index (χ0v) is 12.9. The number of rotatable bonds is 4. The Morgan fingerprint density at radius 2 is 2.10 bits per heavy atom. The summed E-state index contributed by atoms with van der Waals surface area (Å²) in [6, 6.07) is 7.97. The van der Waals surface area contributed by atoms with Crippen molar-refractivity contribution >= 4 is 34.7 Å². The lowest BCUT2D eigenvalue weighted by molar-refractivity contribution is -0.122. The summed E-state index contributed by atoms with van der Waals surface area (Å²) in [6.45, 7) is 2.00. The molecule has 1 heterocycles. The van der Waals surface area contributed by atoms with Gasteiger partial charge < -0.3 is 5.32 Å². The first-order chi connectivity index (χ1) is 9.70. The molecule has 1 aromatic heterocycles. The molecule has 1 amide bonds. The number of nitrogens with zero attached hydrogens (tertiary/aromatic N) is 1. The van der Waals surface area contributed by atoms with Crippen LogP contribution in [0.4, 0.5) is 5.69 Å². The second kappa shape index (κ2) is 5.97. The van der Waals surface area contributed by atoms with Gasteiger partial charge in [-0.2, -0.15) is 0 Å². The minimum Gasteiger partial charge on any atom is -0.326 e. The van der Waals surface area contributed by atoms with Crippen LogP contribution in [-0.2, 0) is 4.79 Å². The Hall–Kier alpha value is -1.33. The lowest BCUT2D eigenvalue weighted by Gasteiger charge is -2.24. The van der Waals surface area contributed by atoms with Crippen LogP contribution in [0.3, 0.4) is 0 Å².